The lowest BCUT2D eigenvalue weighted by molar-refractivity contribution is -0.139. The summed E-state index contributed by atoms with van der Waals surface area (Å²) in [4.78, 5) is 37.7. The molecule has 0 spiro atoms. The van der Waals surface area contributed by atoms with Crippen LogP contribution in [0, 0.1) is 0 Å². The molecule has 1 aliphatic heterocycles. The quantitative estimate of drug-likeness (QED) is 0.556. The van der Waals surface area contributed by atoms with Crippen molar-refractivity contribution in [1.82, 2.24) is 10.2 Å². The highest BCUT2D eigenvalue weighted by Gasteiger charge is 2.34. The monoisotopic (exact) mass is 382 g/mol. The van der Waals surface area contributed by atoms with Crippen LogP contribution in [-0.2, 0) is 9.59 Å². The van der Waals surface area contributed by atoms with Crippen LogP contribution in [0.5, 0.6) is 5.75 Å². The molecular formula is C17H23ClN4O4. The average Bonchev–Trinajstić information content (AvgIpc) is 3.10. The topological polar surface area (TPSA) is 128 Å². The van der Waals surface area contributed by atoms with E-state index in [1.165, 1.54) is 23.1 Å². The van der Waals surface area contributed by atoms with Gasteiger partial charge in [-0.15, -0.1) is 0 Å². The second kappa shape index (κ2) is 9.40. The Morgan fingerprint density at radius 2 is 2.12 bits per heavy atom. The Labute approximate surface area is 156 Å². The SMILES string of the molecule is NCCCNC(=O)[C@@H]1CCCN1C(=O)COc1ccc(Cl)cc1C(N)=O. The fourth-order valence-electron chi connectivity index (χ4n) is 2.81. The molecule has 0 aromatic heterocycles. The van der Waals surface area contributed by atoms with E-state index in [-0.39, 0.29) is 29.7 Å². The van der Waals surface area contributed by atoms with E-state index >= 15 is 0 Å². The number of carbonyl (C=O) groups excluding carboxylic acids is 3. The van der Waals surface area contributed by atoms with Gasteiger partial charge in [-0.2, -0.15) is 0 Å². The second-order valence-corrected chi connectivity index (χ2v) is 6.41. The molecular weight excluding hydrogens is 360 g/mol. The third-order valence-electron chi connectivity index (χ3n) is 4.11. The maximum atomic E-state index is 12.5. The maximum Gasteiger partial charge on any atom is 0.261 e. The Morgan fingerprint density at radius 3 is 2.81 bits per heavy atom. The van der Waals surface area contributed by atoms with Gasteiger partial charge in [0.1, 0.15) is 11.8 Å². The highest BCUT2D eigenvalue weighted by Crippen LogP contribution is 2.23. The first-order valence-corrected chi connectivity index (χ1v) is 8.81. The van der Waals surface area contributed by atoms with Gasteiger partial charge in [0.15, 0.2) is 6.61 Å². The largest absolute Gasteiger partial charge is 0.483 e. The summed E-state index contributed by atoms with van der Waals surface area (Å²) in [5.74, 6) is -1.04. The van der Waals surface area contributed by atoms with Crippen molar-refractivity contribution in [3.8, 4) is 5.75 Å². The van der Waals surface area contributed by atoms with Crippen LogP contribution in [0.3, 0.4) is 0 Å². The lowest BCUT2D eigenvalue weighted by Crippen LogP contribution is -2.47. The van der Waals surface area contributed by atoms with Crippen molar-refractivity contribution in [3.63, 3.8) is 0 Å². The van der Waals surface area contributed by atoms with Gasteiger partial charge in [0.05, 0.1) is 5.56 Å². The summed E-state index contributed by atoms with van der Waals surface area (Å²) in [6.07, 6.45) is 2.03. The van der Waals surface area contributed by atoms with Crippen molar-refractivity contribution in [3.05, 3.63) is 28.8 Å². The minimum Gasteiger partial charge on any atom is -0.483 e. The molecule has 2 rings (SSSR count). The van der Waals surface area contributed by atoms with Gasteiger partial charge >= 0.3 is 0 Å². The zero-order valence-corrected chi connectivity index (χ0v) is 15.1. The van der Waals surface area contributed by atoms with Gasteiger partial charge in [-0.05, 0) is 44.0 Å². The Kier molecular flexibility index (Phi) is 7.23. The van der Waals surface area contributed by atoms with Crippen LogP contribution in [0.4, 0.5) is 0 Å². The molecule has 9 heteroatoms. The standard InChI is InChI=1S/C17H23ClN4O4/c18-11-4-5-14(12(9-11)16(20)24)26-10-15(23)22-8-1-3-13(22)17(25)21-7-2-6-19/h4-5,9,13H,1-3,6-8,10,19H2,(H2,20,24)(H,21,25)/t13-/m0/s1. The lowest BCUT2D eigenvalue weighted by Gasteiger charge is -2.24. The third kappa shape index (κ3) is 5.09. The first-order valence-electron chi connectivity index (χ1n) is 8.43. The molecule has 1 fully saturated rings. The molecule has 5 N–H and O–H groups in total. The number of benzene rings is 1. The highest BCUT2D eigenvalue weighted by molar-refractivity contribution is 6.31. The zero-order valence-electron chi connectivity index (χ0n) is 14.4. The third-order valence-corrected chi connectivity index (χ3v) is 4.35. The molecule has 142 valence electrons. The highest BCUT2D eigenvalue weighted by atomic mass is 35.5. The van der Waals surface area contributed by atoms with E-state index in [1.54, 1.807) is 0 Å². The Balaban J connectivity index is 1.97. The smallest absolute Gasteiger partial charge is 0.261 e. The molecule has 0 radical (unpaired) electrons. The number of hydrogen-bond acceptors (Lipinski definition) is 5. The molecule has 1 aromatic rings. The molecule has 1 aromatic carbocycles. The number of likely N-dealkylation sites (tertiary alicyclic amines) is 1. The van der Waals surface area contributed by atoms with Gasteiger partial charge < -0.3 is 26.4 Å². The maximum absolute atomic E-state index is 12.5. The fourth-order valence-corrected chi connectivity index (χ4v) is 2.98. The first kappa shape index (κ1) is 20.0. The van der Waals surface area contributed by atoms with Crippen LogP contribution in [-0.4, -0.2) is 54.9 Å². The first-order chi connectivity index (χ1) is 12.4. The Morgan fingerprint density at radius 1 is 1.35 bits per heavy atom. The summed E-state index contributed by atoms with van der Waals surface area (Å²) in [7, 11) is 0. The number of nitrogens with one attached hydrogen (secondary N) is 1. The van der Waals surface area contributed by atoms with Gasteiger partial charge in [0, 0.05) is 18.1 Å². The van der Waals surface area contributed by atoms with Crippen LogP contribution >= 0.6 is 11.6 Å². The fraction of sp³-hybridized carbons (Fsp3) is 0.471. The van der Waals surface area contributed by atoms with E-state index in [4.69, 9.17) is 27.8 Å². The van der Waals surface area contributed by atoms with E-state index in [0.29, 0.717) is 37.5 Å². The van der Waals surface area contributed by atoms with Crippen LogP contribution in [0.1, 0.15) is 29.6 Å². The van der Waals surface area contributed by atoms with Crippen LogP contribution in [0.25, 0.3) is 0 Å². The number of primary amides is 1. The zero-order chi connectivity index (χ0) is 19.1. The normalized spacial score (nSPS) is 16.4. The molecule has 8 nitrogen and oxygen atoms in total. The molecule has 1 saturated heterocycles. The van der Waals surface area contributed by atoms with Gasteiger partial charge in [0.2, 0.25) is 5.91 Å². The number of hydrogen-bond donors (Lipinski definition) is 3. The van der Waals surface area contributed by atoms with E-state index < -0.39 is 11.9 Å². The summed E-state index contributed by atoms with van der Waals surface area (Å²) in [6, 6.07) is 3.89. The van der Waals surface area contributed by atoms with Crippen LogP contribution in [0.2, 0.25) is 5.02 Å². The molecule has 3 amide bonds. The predicted octanol–water partition coefficient (Wildman–Crippen LogP) is 0.274. The lowest BCUT2D eigenvalue weighted by atomic mass is 10.2. The number of halogens is 1. The number of nitrogens with two attached hydrogens (primary N) is 2. The molecule has 0 aliphatic carbocycles. The number of nitrogens with zero attached hydrogens (tertiary/aromatic N) is 1. The number of amides is 3. The Bertz CT molecular complexity index is 683. The molecule has 1 atom stereocenters. The summed E-state index contributed by atoms with van der Waals surface area (Å²) >= 11 is 5.84. The summed E-state index contributed by atoms with van der Waals surface area (Å²) in [6.45, 7) is 1.16. The predicted molar refractivity (Wildman–Crippen MR) is 96.9 cm³/mol. The molecule has 0 saturated carbocycles. The van der Waals surface area contributed by atoms with Crippen molar-refractivity contribution in [2.75, 3.05) is 26.2 Å². The second-order valence-electron chi connectivity index (χ2n) is 5.97. The molecule has 0 bridgehead atoms. The van der Waals surface area contributed by atoms with E-state index in [1.807, 2.05) is 0 Å². The van der Waals surface area contributed by atoms with Gasteiger partial charge in [-0.3, -0.25) is 14.4 Å². The van der Waals surface area contributed by atoms with E-state index in [0.717, 1.165) is 6.42 Å². The Hall–Kier alpha value is -2.32. The minimum atomic E-state index is -0.701. The van der Waals surface area contributed by atoms with Crippen molar-refractivity contribution < 1.29 is 19.1 Å². The van der Waals surface area contributed by atoms with E-state index in [2.05, 4.69) is 5.32 Å². The molecule has 1 aliphatic rings. The van der Waals surface area contributed by atoms with Crippen LogP contribution < -0.4 is 21.5 Å². The van der Waals surface area contributed by atoms with Crippen molar-refractivity contribution in [1.29, 1.82) is 0 Å². The van der Waals surface area contributed by atoms with Gasteiger partial charge in [0.25, 0.3) is 11.8 Å². The minimum absolute atomic E-state index is 0.0998. The molecule has 1 heterocycles. The van der Waals surface area contributed by atoms with Crippen molar-refractivity contribution >= 4 is 29.3 Å². The van der Waals surface area contributed by atoms with E-state index in [9.17, 15) is 14.4 Å². The average molecular weight is 383 g/mol. The molecule has 0 unspecified atom stereocenters. The van der Waals surface area contributed by atoms with Crippen molar-refractivity contribution in [2.45, 2.75) is 25.3 Å². The summed E-state index contributed by atoms with van der Waals surface area (Å²) < 4.78 is 5.46. The van der Waals surface area contributed by atoms with Gasteiger partial charge in [-0.25, -0.2) is 0 Å². The van der Waals surface area contributed by atoms with Crippen LogP contribution in [0.15, 0.2) is 18.2 Å². The number of carbonyl (C=O) groups is 3. The summed E-state index contributed by atoms with van der Waals surface area (Å²) in [5.41, 5.74) is 10.8. The van der Waals surface area contributed by atoms with Gasteiger partial charge in [-0.1, -0.05) is 11.6 Å². The summed E-state index contributed by atoms with van der Waals surface area (Å²) in [5, 5.41) is 3.12. The molecule has 26 heavy (non-hydrogen) atoms. The number of rotatable bonds is 8. The number of ether oxygens (including phenoxy) is 1. The van der Waals surface area contributed by atoms with Crippen molar-refractivity contribution in [2.24, 2.45) is 11.5 Å².